The third-order valence-corrected chi connectivity index (χ3v) is 4.02. The number of nitrogens with zero attached hydrogens (tertiary/aromatic N) is 1. The van der Waals surface area contributed by atoms with E-state index in [4.69, 9.17) is 11.1 Å². The number of halogens is 1. The zero-order valence-electron chi connectivity index (χ0n) is 11.9. The first kappa shape index (κ1) is 16.2. The van der Waals surface area contributed by atoms with E-state index in [1.165, 1.54) is 6.21 Å². The number of hydrogen-bond donors (Lipinski definition) is 3. The van der Waals surface area contributed by atoms with E-state index < -0.39 is 0 Å². The summed E-state index contributed by atoms with van der Waals surface area (Å²) in [6.45, 7) is 0.323. The van der Waals surface area contributed by atoms with Crippen molar-refractivity contribution in [3.8, 4) is 0 Å². The maximum Gasteiger partial charge on any atom is 0.270 e. The molecule has 0 radical (unpaired) electrons. The van der Waals surface area contributed by atoms with Crippen LogP contribution in [0.5, 0.6) is 0 Å². The van der Waals surface area contributed by atoms with Crippen LogP contribution < -0.4 is 11.1 Å². The van der Waals surface area contributed by atoms with E-state index >= 15 is 0 Å². The third kappa shape index (κ3) is 3.73. The van der Waals surface area contributed by atoms with Crippen LogP contribution in [0.2, 0.25) is 0 Å². The van der Waals surface area contributed by atoms with Crippen LogP contribution in [0.3, 0.4) is 0 Å². The van der Waals surface area contributed by atoms with Crippen LogP contribution in [0.4, 0.5) is 0 Å². The number of rotatable bonds is 5. The van der Waals surface area contributed by atoms with E-state index in [1.807, 2.05) is 18.2 Å². The first-order valence-corrected chi connectivity index (χ1v) is 7.67. The van der Waals surface area contributed by atoms with Crippen molar-refractivity contribution in [2.75, 3.05) is 6.54 Å². The Balaban J connectivity index is 2.19. The topological polar surface area (TPSA) is 105 Å². The van der Waals surface area contributed by atoms with Crippen molar-refractivity contribution in [2.45, 2.75) is 19.3 Å². The van der Waals surface area contributed by atoms with Gasteiger partial charge in [0.25, 0.3) is 5.70 Å². The molecule has 4 N–H and O–H groups in total. The predicted molar refractivity (Wildman–Crippen MR) is 90.1 cm³/mol. The molecule has 6 nitrogen and oxygen atoms in total. The lowest BCUT2D eigenvalue weighted by Gasteiger charge is -2.15. The smallest absolute Gasteiger partial charge is 0.270 e. The van der Waals surface area contributed by atoms with Gasteiger partial charge < -0.3 is 16.5 Å². The van der Waals surface area contributed by atoms with Crippen molar-refractivity contribution in [3.05, 3.63) is 67.1 Å². The average Bonchev–Trinajstić information content (AvgIpc) is 2.64. The highest BCUT2D eigenvalue weighted by Gasteiger charge is 2.20. The van der Waals surface area contributed by atoms with Gasteiger partial charge in [0.1, 0.15) is 0 Å². The molecule has 0 bridgehead atoms. The Labute approximate surface area is 136 Å². The molecule has 0 fully saturated rings. The third-order valence-electron chi connectivity index (χ3n) is 3.47. The van der Waals surface area contributed by atoms with E-state index in [9.17, 15) is 10.1 Å². The Bertz CT molecular complexity index is 656. The first-order valence-electron chi connectivity index (χ1n) is 6.87. The molecule has 0 aliphatic heterocycles. The van der Waals surface area contributed by atoms with Crippen LogP contribution in [0.25, 0.3) is 0 Å². The molecule has 0 saturated carbocycles. The van der Waals surface area contributed by atoms with Gasteiger partial charge in [-0.3, -0.25) is 10.1 Å². The molecule has 0 atom stereocenters. The molecule has 2 aliphatic rings. The molecule has 0 aromatic carbocycles. The Morgan fingerprint density at radius 2 is 2.14 bits per heavy atom. The van der Waals surface area contributed by atoms with Crippen molar-refractivity contribution in [1.82, 2.24) is 5.32 Å². The molecule has 0 aromatic heterocycles. The van der Waals surface area contributed by atoms with E-state index in [1.54, 1.807) is 6.08 Å². The highest BCUT2D eigenvalue weighted by atomic mass is 79.9. The summed E-state index contributed by atoms with van der Waals surface area (Å²) in [6.07, 6.45) is 10.5. The normalized spacial score (nSPS) is 18.6. The molecule has 0 heterocycles. The SMILES string of the molecule is N=CC1=C(N)CC=C(Br)C=C1NCC1=CCCC=C1[N+](=O)[O-]. The molecule has 0 aromatic rings. The first-order chi connectivity index (χ1) is 10.5. The molecule has 2 aliphatic carbocycles. The molecule has 0 saturated heterocycles. The van der Waals surface area contributed by atoms with E-state index in [-0.39, 0.29) is 10.6 Å². The number of nitro groups is 1. The van der Waals surface area contributed by atoms with Crippen molar-refractivity contribution < 1.29 is 4.92 Å². The summed E-state index contributed by atoms with van der Waals surface area (Å²) in [5, 5.41) is 21.8. The standard InChI is InChI=1S/C15H17BrN4O2/c16-11-5-6-13(18)12(8-17)14(7-11)19-9-10-3-1-2-4-15(10)20(21)22/h3-5,7-8,17,19H,1-2,6,9,18H2. The highest BCUT2D eigenvalue weighted by molar-refractivity contribution is 9.11. The average molecular weight is 365 g/mol. The summed E-state index contributed by atoms with van der Waals surface area (Å²) in [7, 11) is 0. The van der Waals surface area contributed by atoms with Gasteiger partial charge >= 0.3 is 0 Å². The number of hydrogen-bond acceptors (Lipinski definition) is 5. The van der Waals surface area contributed by atoms with E-state index in [0.29, 0.717) is 41.9 Å². The lowest BCUT2D eigenvalue weighted by molar-refractivity contribution is -0.421. The van der Waals surface area contributed by atoms with Crippen molar-refractivity contribution >= 4 is 22.1 Å². The summed E-state index contributed by atoms with van der Waals surface area (Å²) in [5.41, 5.74) is 8.66. The van der Waals surface area contributed by atoms with E-state index in [0.717, 1.165) is 10.9 Å². The van der Waals surface area contributed by atoms with Crippen molar-refractivity contribution in [1.29, 1.82) is 5.41 Å². The van der Waals surface area contributed by atoms with Gasteiger partial charge in [-0.2, -0.15) is 0 Å². The minimum atomic E-state index is -0.355. The van der Waals surface area contributed by atoms with Crippen LogP contribution in [0.1, 0.15) is 19.3 Å². The number of nitrogens with two attached hydrogens (primary N) is 1. The fourth-order valence-corrected chi connectivity index (χ4v) is 2.73. The molecular formula is C15H17BrN4O2. The van der Waals surface area contributed by atoms with Gasteiger partial charge in [-0.15, -0.1) is 0 Å². The van der Waals surface area contributed by atoms with Crippen LogP contribution in [0.15, 0.2) is 57.0 Å². The Hall–Kier alpha value is -2.15. The Kier molecular flexibility index (Phi) is 5.32. The second-order valence-corrected chi connectivity index (χ2v) is 5.86. The second kappa shape index (κ2) is 7.22. The highest BCUT2D eigenvalue weighted by Crippen LogP contribution is 2.23. The monoisotopic (exact) mass is 364 g/mol. The number of allylic oxidation sites excluding steroid dienone is 6. The van der Waals surface area contributed by atoms with Crippen molar-refractivity contribution in [3.63, 3.8) is 0 Å². The molecule has 116 valence electrons. The molecule has 0 amide bonds. The predicted octanol–water partition coefficient (Wildman–Crippen LogP) is 2.89. The summed E-state index contributed by atoms with van der Waals surface area (Å²) in [5.74, 6) is 0. The molecular weight excluding hydrogens is 348 g/mol. The fourth-order valence-electron chi connectivity index (χ4n) is 2.34. The summed E-state index contributed by atoms with van der Waals surface area (Å²) < 4.78 is 0.859. The lowest BCUT2D eigenvalue weighted by atomic mass is 10.0. The molecule has 0 unspecified atom stereocenters. The minimum absolute atomic E-state index is 0.149. The van der Waals surface area contributed by atoms with Gasteiger partial charge in [0.15, 0.2) is 0 Å². The molecule has 22 heavy (non-hydrogen) atoms. The van der Waals surface area contributed by atoms with E-state index in [2.05, 4.69) is 21.2 Å². The van der Waals surface area contributed by atoms with Crippen LogP contribution in [-0.2, 0) is 0 Å². The maximum atomic E-state index is 11.1. The summed E-state index contributed by atoms with van der Waals surface area (Å²) in [6, 6.07) is 0. The van der Waals surface area contributed by atoms with Gasteiger partial charge in [0.05, 0.1) is 4.92 Å². The van der Waals surface area contributed by atoms with Crippen LogP contribution in [-0.4, -0.2) is 17.7 Å². The van der Waals surface area contributed by atoms with Crippen LogP contribution in [0, 0.1) is 15.5 Å². The largest absolute Gasteiger partial charge is 0.401 e. The molecule has 0 spiro atoms. The van der Waals surface area contributed by atoms with Crippen molar-refractivity contribution in [2.24, 2.45) is 5.73 Å². The zero-order valence-corrected chi connectivity index (χ0v) is 13.5. The Morgan fingerprint density at radius 1 is 1.41 bits per heavy atom. The summed E-state index contributed by atoms with van der Waals surface area (Å²) >= 11 is 3.42. The Morgan fingerprint density at radius 3 is 2.82 bits per heavy atom. The van der Waals surface area contributed by atoms with Gasteiger partial charge in [-0.25, -0.2) is 0 Å². The quantitative estimate of drug-likeness (QED) is 0.396. The molecule has 2 rings (SSSR count). The van der Waals surface area contributed by atoms with Gasteiger partial charge in [-0.1, -0.05) is 28.1 Å². The molecule has 7 heteroatoms. The zero-order chi connectivity index (χ0) is 16.1. The van der Waals surface area contributed by atoms with Gasteiger partial charge in [0, 0.05) is 46.2 Å². The summed E-state index contributed by atoms with van der Waals surface area (Å²) in [4.78, 5) is 10.7. The minimum Gasteiger partial charge on any atom is -0.401 e. The lowest BCUT2D eigenvalue weighted by Crippen LogP contribution is -2.23. The van der Waals surface area contributed by atoms with Crippen LogP contribution >= 0.6 is 15.9 Å². The maximum absolute atomic E-state index is 11.1. The number of nitrogens with one attached hydrogen (secondary N) is 2. The van der Waals surface area contributed by atoms with Gasteiger partial charge in [-0.05, 0) is 25.0 Å². The van der Waals surface area contributed by atoms with Gasteiger partial charge in [0.2, 0.25) is 0 Å². The fraction of sp³-hybridized carbons (Fsp3) is 0.267. The second-order valence-electron chi connectivity index (χ2n) is 4.94.